The first-order valence-electron chi connectivity index (χ1n) is 8.53. The number of carbonyl (C=O) groups is 1. The molecule has 11 heteroatoms. The maximum Gasteiger partial charge on any atom is 0.262 e. The fraction of sp³-hybridized carbons (Fsp3) is 0.0500. The molecular formula is C20H14Cl4N2O4S. The standard InChI is InChI=1S/C20H14Cl4N2O4S/c1-30-19-7-6-13(8-18(19)25-20(27)11-2-4-12(21)5-3-11)31(28,29)26-17-10-15(23)14(22)9-16(17)24/h2-10,26H,1H3,(H,25,27). The van der Waals surface area contributed by atoms with Gasteiger partial charge in [-0.05, 0) is 54.6 Å². The molecule has 6 nitrogen and oxygen atoms in total. The zero-order valence-corrected chi connectivity index (χ0v) is 19.6. The molecule has 0 atom stereocenters. The normalized spacial score (nSPS) is 11.1. The maximum atomic E-state index is 12.9. The van der Waals surface area contributed by atoms with E-state index in [4.69, 9.17) is 51.1 Å². The second-order valence-corrected chi connectivity index (χ2v) is 9.52. The number of hydrogen-bond acceptors (Lipinski definition) is 4. The highest BCUT2D eigenvalue weighted by molar-refractivity contribution is 7.92. The fourth-order valence-corrected chi connectivity index (χ4v) is 4.42. The zero-order valence-electron chi connectivity index (χ0n) is 15.7. The van der Waals surface area contributed by atoms with E-state index in [1.807, 2.05) is 0 Å². The van der Waals surface area contributed by atoms with Crippen molar-refractivity contribution in [3.63, 3.8) is 0 Å². The molecule has 0 aliphatic rings. The number of amides is 1. The third-order valence-corrected chi connectivity index (χ3v) is 6.74. The Kier molecular flexibility index (Phi) is 7.24. The second kappa shape index (κ2) is 9.54. The molecule has 3 aromatic rings. The third kappa shape index (κ3) is 5.56. The van der Waals surface area contributed by atoms with Gasteiger partial charge in [0.15, 0.2) is 0 Å². The van der Waals surface area contributed by atoms with Crippen LogP contribution in [0.1, 0.15) is 10.4 Å². The number of benzene rings is 3. The molecule has 0 aliphatic carbocycles. The van der Waals surface area contributed by atoms with E-state index in [1.165, 1.54) is 37.4 Å². The number of carbonyl (C=O) groups excluding carboxylic acids is 1. The quantitative estimate of drug-likeness (QED) is 0.371. The van der Waals surface area contributed by atoms with Gasteiger partial charge in [0.1, 0.15) is 5.75 Å². The summed E-state index contributed by atoms with van der Waals surface area (Å²) in [6, 6.07) is 12.9. The van der Waals surface area contributed by atoms with Crippen LogP contribution in [0.5, 0.6) is 5.75 Å². The molecule has 0 heterocycles. The number of nitrogens with one attached hydrogen (secondary N) is 2. The molecule has 0 bridgehead atoms. The van der Waals surface area contributed by atoms with Crippen LogP contribution in [-0.2, 0) is 10.0 Å². The number of ether oxygens (including phenoxy) is 1. The molecule has 0 aliphatic heterocycles. The van der Waals surface area contributed by atoms with Crippen LogP contribution in [0.2, 0.25) is 20.1 Å². The summed E-state index contributed by atoms with van der Waals surface area (Å²) in [6.07, 6.45) is 0. The molecule has 0 saturated heterocycles. The van der Waals surface area contributed by atoms with Crippen molar-refractivity contribution >= 4 is 73.7 Å². The van der Waals surface area contributed by atoms with Gasteiger partial charge >= 0.3 is 0 Å². The summed E-state index contributed by atoms with van der Waals surface area (Å²) in [6.45, 7) is 0. The van der Waals surface area contributed by atoms with E-state index >= 15 is 0 Å². The molecule has 1 amide bonds. The minimum absolute atomic E-state index is 0.0543. The average molecular weight is 520 g/mol. The predicted molar refractivity (Wildman–Crippen MR) is 125 cm³/mol. The fourth-order valence-electron chi connectivity index (χ4n) is 2.55. The van der Waals surface area contributed by atoms with Crippen LogP contribution in [0.25, 0.3) is 0 Å². The molecule has 31 heavy (non-hydrogen) atoms. The Bertz CT molecular complexity index is 1250. The molecule has 0 fully saturated rings. The van der Waals surface area contributed by atoms with Crippen LogP contribution >= 0.6 is 46.4 Å². The van der Waals surface area contributed by atoms with Crippen molar-refractivity contribution in [2.45, 2.75) is 4.90 Å². The maximum absolute atomic E-state index is 12.9. The van der Waals surface area contributed by atoms with Gasteiger partial charge in [-0.15, -0.1) is 0 Å². The molecule has 0 radical (unpaired) electrons. The topological polar surface area (TPSA) is 84.5 Å². The highest BCUT2D eigenvalue weighted by Gasteiger charge is 2.20. The Morgan fingerprint density at radius 3 is 2.13 bits per heavy atom. The van der Waals surface area contributed by atoms with Gasteiger partial charge in [-0.1, -0.05) is 46.4 Å². The Morgan fingerprint density at radius 2 is 1.48 bits per heavy atom. The van der Waals surface area contributed by atoms with Gasteiger partial charge in [0.2, 0.25) is 0 Å². The largest absolute Gasteiger partial charge is 0.495 e. The van der Waals surface area contributed by atoms with Crippen LogP contribution in [0.4, 0.5) is 11.4 Å². The van der Waals surface area contributed by atoms with Crippen molar-refractivity contribution in [2.24, 2.45) is 0 Å². The van der Waals surface area contributed by atoms with Crippen LogP contribution in [0.15, 0.2) is 59.5 Å². The molecule has 162 valence electrons. The summed E-state index contributed by atoms with van der Waals surface area (Å²) >= 11 is 23.7. The number of hydrogen-bond donors (Lipinski definition) is 2. The first-order chi connectivity index (χ1) is 14.6. The smallest absolute Gasteiger partial charge is 0.262 e. The van der Waals surface area contributed by atoms with Crippen molar-refractivity contribution in [2.75, 3.05) is 17.1 Å². The summed E-state index contributed by atoms with van der Waals surface area (Å²) in [5, 5.41) is 3.51. The average Bonchev–Trinajstić information content (AvgIpc) is 2.72. The summed E-state index contributed by atoms with van der Waals surface area (Å²) in [7, 11) is -2.68. The molecule has 0 spiro atoms. The highest BCUT2D eigenvalue weighted by atomic mass is 35.5. The molecular weight excluding hydrogens is 506 g/mol. The minimum Gasteiger partial charge on any atom is -0.495 e. The van der Waals surface area contributed by atoms with Gasteiger partial charge in [0.25, 0.3) is 15.9 Å². The van der Waals surface area contributed by atoms with E-state index in [1.54, 1.807) is 24.3 Å². The van der Waals surface area contributed by atoms with Crippen molar-refractivity contribution in [3.8, 4) is 5.75 Å². The summed E-state index contributed by atoms with van der Waals surface area (Å²) in [5.41, 5.74) is 0.546. The summed E-state index contributed by atoms with van der Waals surface area (Å²) in [5.74, 6) is -0.196. The lowest BCUT2D eigenvalue weighted by Gasteiger charge is -2.14. The number of anilines is 2. The lowest BCUT2D eigenvalue weighted by atomic mass is 10.2. The Balaban J connectivity index is 1.92. The van der Waals surface area contributed by atoms with Gasteiger partial charge < -0.3 is 10.1 Å². The zero-order chi connectivity index (χ0) is 22.8. The van der Waals surface area contributed by atoms with Crippen molar-refractivity contribution in [1.82, 2.24) is 0 Å². The van der Waals surface area contributed by atoms with Gasteiger partial charge in [-0.3, -0.25) is 9.52 Å². The minimum atomic E-state index is -4.08. The number of halogens is 4. The Hall–Kier alpha value is -2.16. The molecule has 2 N–H and O–H groups in total. The first-order valence-corrected chi connectivity index (χ1v) is 11.5. The van der Waals surface area contributed by atoms with Gasteiger partial charge in [-0.25, -0.2) is 8.42 Å². The summed E-state index contributed by atoms with van der Waals surface area (Å²) in [4.78, 5) is 12.4. The monoisotopic (exact) mass is 518 g/mol. The molecule has 0 aromatic heterocycles. The van der Waals surface area contributed by atoms with Crippen molar-refractivity contribution < 1.29 is 17.9 Å². The van der Waals surface area contributed by atoms with Gasteiger partial charge in [0, 0.05) is 10.6 Å². The van der Waals surface area contributed by atoms with Crippen LogP contribution in [-0.4, -0.2) is 21.4 Å². The van der Waals surface area contributed by atoms with E-state index in [2.05, 4.69) is 10.0 Å². The van der Waals surface area contributed by atoms with Gasteiger partial charge in [-0.2, -0.15) is 0 Å². The molecule has 3 aromatic carbocycles. The van der Waals surface area contributed by atoms with Crippen molar-refractivity contribution in [1.29, 1.82) is 0 Å². The SMILES string of the molecule is COc1ccc(S(=O)(=O)Nc2cc(Cl)c(Cl)cc2Cl)cc1NC(=O)c1ccc(Cl)cc1. The number of methoxy groups -OCH3 is 1. The lowest BCUT2D eigenvalue weighted by molar-refractivity contribution is 0.102. The van der Waals surface area contributed by atoms with E-state index in [9.17, 15) is 13.2 Å². The second-order valence-electron chi connectivity index (χ2n) is 6.17. The van der Waals surface area contributed by atoms with E-state index in [0.717, 1.165) is 0 Å². The van der Waals surface area contributed by atoms with E-state index in [-0.39, 0.29) is 37.1 Å². The van der Waals surface area contributed by atoms with E-state index < -0.39 is 15.9 Å². The third-order valence-electron chi connectivity index (χ3n) is 4.09. The highest BCUT2D eigenvalue weighted by Crippen LogP contribution is 2.34. The predicted octanol–water partition coefficient (Wildman–Crippen LogP) is 6.36. The van der Waals surface area contributed by atoms with Crippen molar-refractivity contribution in [3.05, 3.63) is 80.3 Å². The lowest BCUT2D eigenvalue weighted by Crippen LogP contribution is -2.16. The van der Waals surface area contributed by atoms with Crippen LogP contribution in [0, 0.1) is 0 Å². The Labute approximate surface area is 199 Å². The number of rotatable bonds is 6. The first kappa shape index (κ1) is 23.5. The van der Waals surface area contributed by atoms with Crippen LogP contribution < -0.4 is 14.8 Å². The van der Waals surface area contributed by atoms with Gasteiger partial charge in [0.05, 0.1) is 38.4 Å². The van der Waals surface area contributed by atoms with E-state index in [0.29, 0.717) is 10.6 Å². The Morgan fingerprint density at radius 1 is 0.839 bits per heavy atom. The van der Waals surface area contributed by atoms with Crippen LogP contribution in [0.3, 0.4) is 0 Å². The molecule has 3 rings (SSSR count). The molecule has 0 saturated carbocycles. The number of sulfonamides is 1. The summed E-state index contributed by atoms with van der Waals surface area (Å²) < 4.78 is 33.3. The molecule has 0 unspecified atom stereocenters.